The minimum atomic E-state index is -0.306. The lowest BCUT2D eigenvalue weighted by molar-refractivity contribution is 0.0929. The first-order chi connectivity index (χ1) is 8.08. The van der Waals surface area contributed by atoms with E-state index in [0.29, 0.717) is 29.9 Å². The van der Waals surface area contributed by atoms with E-state index < -0.39 is 0 Å². The number of nitrogens with zero attached hydrogens (tertiary/aromatic N) is 3. The molecule has 0 bridgehead atoms. The maximum atomic E-state index is 11.1. The van der Waals surface area contributed by atoms with E-state index in [1.165, 1.54) is 7.11 Å². The van der Waals surface area contributed by atoms with Crippen LogP contribution in [-0.2, 0) is 4.74 Å². The summed E-state index contributed by atoms with van der Waals surface area (Å²) >= 11 is 5.82. The first-order valence-corrected chi connectivity index (χ1v) is 5.57. The van der Waals surface area contributed by atoms with Crippen molar-refractivity contribution in [2.75, 3.05) is 25.5 Å². The number of aryl methyl sites for hydroxylation is 1. The van der Waals surface area contributed by atoms with Crippen LogP contribution in [0.5, 0.6) is 0 Å². The molecule has 1 aliphatic rings. The maximum absolute atomic E-state index is 11.1. The molecule has 2 rings (SSSR count). The van der Waals surface area contributed by atoms with E-state index in [4.69, 9.17) is 11.6 Å². The molecule has 1 N–H and O–H groups in total. The average Bonchev–Trinajstić information content (AvgIpc) is 2.20. The molecule has 1 fully saturated rings. The van der Waals surface area contributed by atoms with Crippen LogP contribution in [0.3, 0.4) is 0 Å². The van der Waals surface area contributed by atoms with Gasteiger partial charge in [-0.05, 0) is 6.92 Å². The van der Waals surface area contributed by atoms with Gasteiger partial charge >= 0.3 is 6.09 Å². The summed E-state index contributed by atoms with van der Waals surface area (Å²) in [5.74, 6) is 1.29. The number of carbonyl (C=O) groups is 1. The van der Waals surface area contributed by atoms with Crippen LogP contribution >= 0.6 is 11.6 Å². The molecule has 1 saturated heterocycles. The fourth-order valence-electron chi connectivity index (χ4n) is 1.66. The Kier molecular flexibility index (Phi) is 3.33. The van der Waals surface area contributed by atoms with Crippen molar-refractivity contribution >= 4 is 23.5 Å². The van der Waals surface area contributed by atoms with Crippen LogP contribution in [-0.4, -0.2) is 47.2 Å². The third kappa shape index (κ3) is 2.76. The quantitative estimate of drug-likeness (QED) is 0.808. The van der Waals surface area contributed by atoms with Crippen molar-refractivity contribution in [1.29, 1.82) is 0 Å². The number of nitrogens with one attached hydrogen (secondary N) is 1. The van der Waals surface area contributed by atoms with Gasteiger partial charge in [0.25, 0.3) is 0 Å². The number of likely N-dealkylation sites (tertiary alicyclic amines) is 1. The number of carbonyl (C=O) groups excluding carboxylic acids is 1. The zero-order chi connectivity index (χ0) is 12.4. The predicted molar refractivity (Wildman–Crippen MR) is 63.2 cm³/mol. The lowest BCUT2D eigenvalue weighted by atomic mass is 10.1. The monoisotopic (exact) mass is 256 g/mol. The second kappa shape index (κ2) is 4.75. The van der Waals surface area contributed by atoms with Gasteiger partial charge in [0.05, 0.1) is 13.2 Å². The Morgan fingerprint density at radius 3 is 2.88 bits per heavy atom. The van der Waals surface area contributed by atoms with Crippen LogP contribution in [0.1, 0.15) is 5.82 Å². The Bertz CT molecular complexity index is 414. The zero-order valence-electron chi connectivity index (χ0n) is 9.61. The molecule has 6 nitrogen and oxygen atoms in total. The molecule has 0 aromatic carbocycles. The molecule has 1 amide bonds. The fourth-order valence-corrected chi connectivity index (χ4v) is 1.89. The molecule has 0 unspecified atom stereocenters. The van der Waals surface area contributed by atoms with Crippen molar-refractivity contribution in [1.82, 2.24) is 14.9 Å². The average molecular weight is 257 g/mol. The highest BCUT2D eigenvalue weighted by Gasteiger charge is 2.31. The molecule has 0 saturated carbocycles. The van der Waals surface area contributed by atoms with E-state index in [0.717, 1.165) is 0 Å². The molecule has 1 aromatic rings. The highest BCUT2D eigenvalue weighted by molar-refractivity contribution is 6.29. The van der Waals surface area contributed by atoms with Crippen molar-refractivity contribution in [3.63, 3.8) is 0 Å². The molecule has 2 heterocycles. The zero-order valence-corrected chi connectivity index (χ0v) is 10.4. The Balaban J connectivity index is 1.89. The molecule has 0 atom stereocenters. The summed E-state index contributed by atoms with van der Waals surface area (Å²) in [6.45, 7) is 2.99. The SMILES string of the molecule is COC(=O)N1CC(Nc2cc(Cl)nc(C)n2)C1. The molecular formula is C10H13ClN4O2. The van der Waals surface area contributed by atoms with Crippen LogP contribution in [0.15, 0.2) is 6.07 Å². The molecule has 92 valence electrons. The summed E-state index contributed by atoms with van der Waals surface area (Å²) in [6, 6.07) is 1.84. The van der Waals surface area contributed by atoms with Gasteiger partial charge in [0.1, 0.15) is 16.8 Å². The smallest absolute Gasteiger partial charge is 0.409 e. The summed E-state index contributed by atoms with van der Waals surface area (Å²) in [5, 5.41) is 3.59. The predicted octanol–water partition coefficient (Wildman–Crippen LogP) is 1.30. The number of halogens is 1. The molecular weight excluding hydrogens is 244 g/mol. The first-order valence-electron chi connectivity index (χ1n) is 5.19. The van der Waals surface area contributed by atoms with Crippen molar-refractivity contribution in [2.24, 2.45) is 0 Å². The van der Waals surface area contributed by atoms with E-state index in [-0.39, 0.29) is 12.1 Å². The summed E-state index contributed by atoms with van der Waals surface area (Å²) in [5.41, 5.74) is 0. The van der Waals surface area contributed by atoms with Crippen molar-refractivity contribution in [3.8, 4) is 0 Å². The van der Waals surface area contributed by atoms with E-state index in [2.05, 4.69) is 20.0 Å². The van der Waals surface area contributed by atoms with Gasteiger partial charge < -0.3 is 15.0 Å². The van der Waals surface area contributed by atoms with Gasteiger partial charge in [-0.2, -0.15) is 0 Å². The third-order valence-electron chi connectivity index (χ3n) is 2.47. The number of hydrogen-bond donors (Lipinski definition) is 1. The summed E-state index contributed by atoms with van der Waals surface area (Å²) in [7, 11) is 1.37. The molecule has 17 heavy (non-hydrogen) atoms. The Labute approximate surface area is 104 Å². The standard InChI is InChI=1S/C10H13ClN4O2/c1-6-12-8(11)3-9(13-6)14-7-4-15(5-7)10(16)17-2/h3,7H,4-5H2,1-2H3,(H,12,13,14). The second-order valence-electron chi connectivity index (χ2n) is 3.84. The lowest BCUT2D eigenvalue weighted by Gasteiger charge is -2.38. The summed E-state index contributed by atoms with van der Waals surface area (Å²) in [6.07, 6.45) is -0.306. The van der Waals surface area contributed by atoms with Gasteiger partial charge in [0.2, 0.25) is 0 Å². The van der Waals surface area contributed by atoms with Crippen LogP contribution in [0.25, 0.3) is 0 Å². The number of anilines is 1. The van der Waals surface area contributed by atoms with Crippen LogP contribution in [0.4, 0.5) is 10.6 Å². The van der Waals surface area contributed by atoms with Crippen molar-refractivity contribution < 1.29 is 9.53 Å². The normalized spacial score (nSPS) is 15.4. The van der Waals surface area contributed by atoms with Crippen molar-refractivity contribution in [3.05, 3.63) is 17.0 Å². The second-order valence-corrected chi connectivity index (χ2v) is 4.23. The van der Waals surface area contributed by atoms with Gasteiger partial charge in [0, 0.05) is 19.2 Å². The van der Waals surface area contributed by atoms with Crippen LogP contribution in [0, 0.1) is 6.92 Å². The minimum Gasteiger partial charge on any atom is -0.453 e. The Morgan fingerprint density at radius 2 is 2.29 bits per heavy atom. The van der Waals surface area contributed by atoms with Crippen LogP contribution < -0.4 is 5.32 Å². The molecule has 1 aromatic heterocycles. The van der Waals surface area contributed by atoms with E-state index in [9.17, 15) is 4.79 Å². The Morgan fingerprint density at radius 1 is 1.59 bits per heavy atom. The molecule has 0 spiro atoms. The maximum Gasteiger partial charge on any atom is 0.409 e. The highest BCUT2D eigenvalue weighted by Crippen LogP contribution is 2.16. The molecule has 7 heteroatoms. The van der Waals surface area contributed by atoms with Gasteiger partial charge in [-0.15, -0.1) is 0 Å². The molecule has 1 aliphatic heterocycles. The van der Waals surface area contributed by atoms with Gasteiger partial charge in [-0.3, -0.25) is 0 Å². The molecule has 0 aliphatic carbocycles. The lowest BCUT2D eigenvalue weighted by Crippen LogP contribution is -2.57. The number of aromatic nitrogens is 2. The number of methoxy groups -OCH3 is 1. The summed E-state index contributed by atoms with van der Waals surface area (Å²) < 4.78 is 4.60. The Hall–Kier alpha value is -1.56. The van der Waals surface area contributed by atoms with Gasteiger partial charge in [-0.1, -0.05) is 11.6 Å². The fraction of sp³-hybridized carbons (Fsp3) is 0.500. The van der Waals surface area contributed by atoms with Gasteiger partial charge in [0.15, 0.2) is 0 Å². The third-order valence-corrected chi connectivity index (χ3v) is 2.67. The number of amides is 1. The summed E-state index contributed by atoms with van der Waals surface area (Å²) in [4.78, 5) is 20.9. The number of ether oxygens (including phenoxy) is 1. The molecule has 0 radical (unpaired) electrons. The van der Waals surface area contributed by atoms with Gasteiger partial charge in [-0.25, -0.2) is 14.8 Å². The van der Waals surface area contributed by atoms with E-state index >= 15 is 0 Å². The largest absolute Gasteiger partial charge is 0.453 e. The minimum absolute atomic E-state index is 0.180. The first kappa shape index (κ1) is 11.9. The van der Waals surface area contributed by atoms with Crippen molar-refractivity contribution in [2.45, 2.75) is 13.0 Å². The van der Waals surface area contributed by atoms with E-state index in [1.807, 2.05) is 0 Å². The highest BCUT2D eigenvalue weighted by atomic mass is 35.5. The van der Waals surface area contributed by atoms with Crippen LogP contribution in [0.2, 0.25) is 5.15 Å². The number of rotatable bonds is 2. The van der Waals surface area contributed by atoms with E-state index in [1.54, 1.807) is 17.9 Å². The number of hydrogen-bond acceptors (Lipinski definition) is 5. The topological polar surface area (TPSA) is 67.3 Å².